The number of Topliss-reactive ketones (excluding diaryl/α,β-unsaturated/α-hetero) is 1. The Bertz CT molecular complexity index is 936. The molecule has 3 aromatic rings. The van der Waals surface area contributed by atoms with Crippen molar-refractivity contribution in [3.63, 3.8) is 0 Å². The van der Waals surface area contributed by atoms with Crippen LogP contribution in [-0.2, 0) is 11.2 Å². The average Bonchev–Trinajstić information content (AvgIpc) is 3.16. The Hall–Kier alpha value is -2.25. The number of benzene rings is 1. The van der Waals surface area contributed by atoms with Gasteiger partial charge in [-0.3, -0.25) is 9.59 Å². The Kier molecular flexibility index (Phi) is 3.59. The van der Waals surface area contributed by atoms with Gasteiger partial charge in [-0.05, 0) is 35.2 Å². The highest BCUT2D eigenvalue weighted by Gasteiger charge is 2.19. The lowest BCUT2D eigenvalue weighted by molar-refractivity contribution is -0.115. The van der Waals surface area contributed by atoms with Crippen LogP contribution in [0, 0.1) is 0 Å². The molecule has 1 aliphatic rings. The minimum absolute atomic E-state index is 0.0270. The highest BCUT2D eigenvalue weighted by molar-refractivity contribution is 8.00. The molecule has 0 saturated heterocycles. The molecule has 0 unspecified atom stereocenters. The van der Waals surface area contributed by atoms with Crippen LogP contribution in [0.1, 0.15) is 15.9 Å². The zero-order valence-electron chi connectivity index (χ0n) is 11.9. The van der Waals surface area contributed by atoms with E-state index in [2.05, 4.69) is 15.3 Å². The SMILES string of the molecule is O=C1Cc2cc(C(=O)CSc3ncnc4sccc34)ccc2N1. The van der Waals surface area contributed by atoms with E-state index in [1.165, 1.54) is 18.1 Å². The molecule has 0 spiro atoms. The Morgan fingerprint density at radius 3 is 3.13 bits per heavy atom. The summed E-state index contributed by atoms with van der Waals surface area (Å²) in [7, 11) is 0. The topological polar surface area (TPSA) is 72.0 Å². The van der Waals surface area contributed by atoms with E-state index in [1.54, 1.807) is 29.5 Å². The molecular weight excluding hydrogens is 330 g/mol. The van der Waals surface area contributed by atoms with Crippen molar-refractivity contribution in [3.8, 4) is 0 Å². The van der Waals surface area contributed by atoms with Gasteiger partial charge >= 0.3 is 0 Å². The second-order valence-corrected chi connectivity index (χ2v) is 6.99. The van der Waals surface area contributed by atoms with Gasteiger partial charge in [-0.15, -0.1) is 11.3 Å². The van der Waals surface area contributed by atoms with E-state index in [0.717, 1.165) is 26.5 Å². The third-order valence-electron chi connectivity index (χ3n) is 3.62. The van der Waals surface area contributed by atoms with Crippen LogP contribution in [0.25, 0.3) is 10.2 Å². The molecule has 0 atom stereocenters. The zero-order chi connectivity index (χ0) is 15.8. The van der Waals surface area contributed by atoms with Crippen LogP contribution < -0.4 is 5.32 Å². The first-order valence-corrected chi connectivity index (χ1v) is 8.84. The lowest BCUT2D eigenvalue weighted by Crippen LogP contribution is -2.03. The number of nitrogens with one attached hydrogen (secondary N) is 1. The van der Waals surface area contributed by atoms with Crippen molar-refractivity contribution in [2.24, 2.45) is 0 Å². The van der Waals surface area contributed by atoms with E-state index < -0.39 is 0 Å². The first-order chi connectivity index (χ1) is 11.2. The maximum atomic E-state index is 12.4. The fourth-order valence-corrected chi connectivity index (χ4v) is 4.18. The van der Waals surface area contributed by atoms with Crippen LogP contribution in [0.5, 0.6) is 0 Å². The van der Waals surface area contributed by atoms with Crippen LogP contribution in [0.4, 0.5) is 5.69 Å². The molecule has 114 valence electrons. The van der Waals surface area contributed by atoms with Gasteiger partial charge in [0.15, 0.2) is 5.78 Å². The first-order valence-electron chi connectivity index (χ1n) is 6.98. The third-order valence-corrected chi connectivity index (χ3v) is 5.44. The van der Waals surface area contributed by atoms with Crippen LogP contribution in [-0.4, -0.2) is 27.4 Å². The maximum absolute atomic E-state index is 12.4. The quantitative estimate of drug-likeness (QED) is 0.448. The summed E-state index contributed by atoms with van der Waals surface area (Å²) in [6.45, 7) is 0. The summed E-state index contributed by atoms with van der Waals surface area (Å²) in [6, 6.07) is 7.32. The normalized spacial score (nSPS) is 13.1. The van der Waals surface area contributed by atoms with Gasteiger partial charge in [-0.25, -0.2) is 9.97 Å². The van der Waals surface area contributed by atoms with Crippen molar-refractivity contribution in [1.82, 2.24) is 9.97 Å². The van der Waals surface area contributed by atoms with Crippen molar-refractivity contribution in [2.45, 2.75) is 11.4 Å². The molecule has 0 aliphatic carbocycles. The maximum Gasteiger partial charge on any atom is 0.228 e. The van der Waals surface area contributed by atoms with E-state index in [0.29, 0.717) is 17.7 Å². The standard InChI is InChI=1S/C16H11N3O2S2/c20-13(9-1-2-12-10(5-9)6-14(21)19-12)7-23-16-11-3-4-22-15(11)17-8-18-16/h1-5,8H,6-7H2,(H,19,21). The second kappa shape index (κ2) is 5.75. The van der Waals surface area contributed by atoms with Gasteiger partial charge in [-0.1, -0.05) is 11.8 Å². The molecule has 1 aromatic carbocycles. The fourth-order valence-electron chi connectivity index (χ4n) is 2.50. The predicted octanol–water partition coefficient (Wildman–Crippen LogP) is 3.16. The average molecular weight is 341 g/mol. The van der Waals surface area contributed by atoms with E-state index in [4.69, 9.17) is 0 Å². The largest absolute Gasteiger partial charge is 0.326 e. The molecule has 7 heteroatoms. The highest BCUT2D eigenvalue weighted by Crippen LogP contribution is 2.29. The third kappa shape index (κ3) is 2.73. The van der Waals surface area contributed by atoms with Gasteiger partial charge in [0.2, 0.25) is 5.91 Å². The molecule has 3 heterocycles. The number of anilines is 1. The Labute approximate surface area is 140 Å². The monoisotopic (exact) mass is 341 g/mol. The Balaban J connectivity index is 1.51. The highest BCUT2D eigenvalue weighted by atomic mass is 32.2. The van der Waals surface area contributed by atoms with Gasteiger partial charge in [0.05, 0.1) is 12.2 Å². The Morgan fingerprint density at radius 1 is 1.30 bits per heavy atom. The molecule has 0 saturated carbocycles. The first kappa shape index (κ1) is 14.3. The number of aromatic nitrogens is 2. The van der Waals surface area contributed by atoms with Crippen molar-refractivity contribution in [2.75, 3.05) is 11.1 Å². The molecule has 1 N–H and O–H groups in total. The number of hydrogen-bond donors (Lipinski definition) is 1. The van der Waals surface area contributed by atoms with E-state index in [9.17, 15) is 9.59 Å². The molecule has 1 amide bonds. The molecule has 4 rings (SSSR count). The van der Waals surface area contributed by atoms with Crippen molar-refractivity contribution < 1.29 is 9.59 Å². The summed E-state index contributed by atoms with van der Waals surface area (Å²) in [5, 5.41) is 6.54. The lowest BCUT2D eigenvalue weighted by Gasteiger charge is -2.04. The number of carbonyl (C=O) groups excluding carboxylic acids is 2. The van der Waals surface area contributed by atoms with Crippen LogP contribution in [0.2, 0.25) is 0 Å². The minimum atomic E-state index is -0.0280. The molecule has 1 aliphatic heterocycles. The number of thioether (sulfide) groups is 1. The van der Waals surface area contributed by atoms with E-state index in [1.807, 2.05) is 11.4 Å². The van der Waals surface area contributed by atoms with Crippen molar-refractivity contribution in [1.29, 1.82) is 0 Å². The van der Waals surface area contributed by atoms with Gasteiger partial charge < -0.3 is 5.32 Å². The predicted molar refractivity (Wildman–Crippen MR) is 91.2 cm³/mol. The minimum Gasteiger partial charge on any atom is -0.326 e. The second-order valence-electron chi connectivity index (χ2n) is 5.13. The van der Waals surface area contributed by atoms with Gasteiger partial charge in [0, 0.05) is 16.6 Å². The summed E-state index contributed by atoms with van der Waals surface area (Å²) in [5.41, 5.74) is 2.31. The summed E-state index contributed by atoms with van der Waals surface area (Å²) in [4.78, 5) is 33.2. The molecule has 0 fully saturated rings. The number of carbonyl (C=O) groups is 2. The van der Waals surface area contributed by atoms with Gasteiger partial charge in [0.25, 0.3) is 0 Å². The number of fused-ring (bicyclic) bond motifs is 2. The van der Waals surface area contributed by atoms with Crippen molar-refractivity contribution in [3.05, 3.63) is 47.1 Å². The zero-order valence-corrected chi connectivity index (χ0v) is 13.5. The van der Waals surface area contributed by atoms with Crippen LogP contribution in [0.3, 0.4) is 0 Å². The number of hydrogen-bond acceptors (Lipinski definition) is 6. The molecule has 0 bridgehead atoms. The molecular formula is C16H11N3O2S2. The number of ketones is 1. The molecule has 23 heavy (non-hydrogen) atoms. The van der Waals surface area contributed by atoms with E-state index >= 15 is 0 Å². The van der Waals surface area contributed by atoms with Gasteiger partial charge in [-0.2, -0.15) is 0 Å². The van der Waals surface area contributed by atoms with E-state index in [-0.39, 0.29) is 11.7 Å². The number of rotatable bonds is 4. The summed E-state index contributed by atoms with van der Waals surface area (Å²) in [5.74, 6) is 0.307. The fraction of sp³-hybridized carbons (Fsp3) is 0.125. The number of nitrogens with zero attached hydrogens (tertiary/aromatic N) is 2. The smallest absolute Gasteiger partial charge is 0.228 e. The van der Waals surface area contributed by atoms with Gasteiger partial charge in [0.1, 0.15) is 16.2 Å². The van der Waals surface area contributed by atoms with Crippen LogP contribution in [0.15, 0.2) is 41.0 Å². The summed E-state index contributed by atoms with van der Waals surface area (Å²) >= 11 is 2.97. The molecule has 0 radical (unpaired) electrons. The molecule has 5 nitrogen and oxygen atoms in total. The number of amides is 1. The van der Waals surface area contributed by atoms with Crippen LogP contribution >= 0.6 is 23.1 Å². The summed E-state index contributed by atoms with van der Waals surface area (Å²) < 4.78 is 0. The lowest BCUT2D eigenvalue weighted by atomic mass is 10.1. The van der Waals surface area contributed by atoms with Crippen molar-refractivity contribution >= 4 is 50.7 Å². The summed E-state index contributed by atoms with van der Waals surface area (Å²) in [6.07, 6.45) is 1.86. The molecule has 2 aromatic heterocycles. The number of thiophene rings is 1. The Morgan fingerprint density at radius 2 is 2.22 bits per heavy atom.